The van der Waals surface area contributed by atoms with Crippen molar-refractivity contribution in [3.8, 4) is 17.2 Å². The van der Waals surface area contributed by atoms with Crippen LogP contribution in [0.4, 0.5) is 0 Å². The summed E-state index contributed by atoms with van der Waals surface area (Å²) < 4.78 is 12.0. The topological polar surface area (TPSA) is 98.6 Å². The van der Waals surface area contributed by atoms with Gasteiger partial charge >= 0.3 is 5.97 Å². The Hall–Kier alpha value is -3.64. The van der Waals surface area contributed by atoms with E-state index in [2.05, 4.69) is 4.98 Å². The van der Waals surface area contributed by atoms with Crippen molar-refractivity contribution >= 4 is 17.1 Å². The molecule has 0 aliphatic heterocycles. The minimum atomic E-state index is -1.22. The molecule has 4 aromatic rings. The van der Waals surface area contributed by atoms with Crippen LogP contribution in [0.3, 0.4) is 0 Å². The second-order valence-corrected chi connectivity index (χ2v) is 8.00. The number of benzene rings is 3. The van der Waals surface area contributed by atoms with E-state index in [1.54, 1.807) is 0 Å². The zero-order chi connectivity index (χ0) is 21.4. The maximum Gasteiger partial charge on any atom is 0.324 e. The maximum absolute atomic E-state index is 11.5. The summed E-state index contributed by atoms with van der Waals surface area (Å²) in [5.74, 6) is 0.276. The largest absolute Gasteiger partial charge is 0.489 e. The van der Waals surface area contributed by atoms with Gasteiger partial charge in [0, 0.05) is 17.5 Å². The third-order valence-corrected chi connectivity index (χ3v) is 5.89. The van der Waals surface area contributed by atoms with Crippen molar-refractivity contribution < 1.29 is 19.1 Å². The van der Waals surface area contributed by atoms with Crippen molar-refractivity contribution in [1.29, 1.82) is 0 Å². The summed E-state index contributed by atoms with van der Waals surface area (Å²) in [5, 5.41) is 9.46. The standard InChI is InChI=1S/C25H22N2O4/c26-25(24(28)29)12-11-16-9-10-19(13-18(16)14-25)30-15-17-5-1-2-6-20(17)23-27-21-7-3-4-8-22(21)31-23/h1-10,13H,11-12,14-15,26H2,(H,28,29)/t25-/m0/s1. The van der Waals surface area contributed by atoms with E-state index in [4.69, 9.17) is 14.9 Å². The third-order valence-electron chi connectivity index (χ3n) is 5.89. The lowest BCUT2D eigenvalue weighted by molar-refractivity contribution is -0.143. The third kappa shape index (κ3) is 3.66. The number of nitrogens with two attached hydrogens (primary N) is 1. The fourth-order valence-electron chi connectivity index (χ4n) is 4.07. The SMILES string of the molecule is N[C@@]1(C(=O)O)CCc2ccc(OCc3ccccc3-c3nc4ccccc4o3)cc2C1. The average molecular weight is 414 g/mol. The van der Waals surface area contributed by atoms with E-state index in [1.165, 1.54) is 0 Å². The molecule has 6 heteroatoms. The van der Waals surface area contributed by atoms with Gasteiger partial charge in [0.25, 0.3) is 0 Å². The Labute approximate surface area is 179 Å². The Balaban J connectivity index is 1.38. The van der Waals surface area contributed by atoms with Crippen molar-refractivity contribution in [3.05, 3.63) is 83.4 Å². The van der Waals surface area contributed by atoms with Crippen LogP contribution < -0.4 is 10.5 Å². The van der Waals surface area contributed by atoms with Gasteiger partial charge in [0.1, 0.15) is 23.4 Å². The first-order valence-electron chi connectivity index (χ1n) is 10.2. The van der Waals surface area contributed by atoms with Gasteiger partial charge in [-0.1, -0.05) is 36.4 Å². The Morgan fingerprint density at radius 3 is 2.74 bits per heavy atom. The van der Waals surface area contributed by atoms with Crippen molar-refractivity contribution in [2.45, 2.75) is 31.4 Å². The Kier molecular flexibility index (Phi) is 4.71. The molecule has 1 aromatic heterocycles. The van der Waals surface area contributed by atoms with Crippen LogP contribution in [0, 0.1) is 0 Å². The summed E-state index contributed by atoms with van der Waals surface area (Å²) in [4.78, 5) is 16.1. The van der Waals surface area contributed by atoms with Crippen molar-refractivity contribution in [1.82, 2.24) is 4.98 Å². The van der Waals surface area contributed by atoms with E-state index in [1.807, 2.05) is 66.7 Å². The number of carboxylic acids is 1. The summed E-state index contributed by atoms with van der Waals surface area (Å²) in [7, 11) is 0. The zero-order valence-corrected chi connectivity index (χ0v) is 16.9. The molecule has 1 heterocycles. The predicted octanol–water partition coefficient (Wildman–Crippen LogP) is 4.34. The normalized spacial score (nSPS) is 18.0. The fourth-order valence-corrected chi connectivity index (χ4v) is 4.07. The Morgan fingerprint density at radius 1 is 1.10 bits per heavy atom. The van der Waals surface area contributed by atoms with Crippen LogP contribution in [-0.2, 0) is 24.2 Å². The number of rotatable bonds is 5. The first kappa shape index (κ1) is 19.3. The molecule has 0 saturated carbocycles. The van der Waals surface area contributed by atoms with Gasteiger partial charge in [-0.25, -0.2) is 4.98 Å². The van der Waals surface area contributed by atoms with Crippen molar-refractivity contribution in [3.63, 3.8) is 0 Å². The molecule has 1 atom stereocenters. The van der Waals surface area contributed by atoms with Crippen LogP contribution in [-0.4, -0.2) is 21.6 Å². The molecule has 0 spiro atoms. The number of aliphatic carboxylic acids is 1. The van der Waals surface area contributed by atoms with Gasteiger partial charge in [-0.2, -0.15) is 0 Å². The summed E-state index contributed by atoms with van der Waals surface area (Å²) in [6.45, 7) is 0.334. The second-order valence-electron chi connectivity index (χ2n) is 8.00. The van der Waals surface area contributed by atoms with Crippen LogP contribution >= 0.6 is 0 Å². The highest BCUT2D eigenvalue weighted by Crippen LogP contribution is 2.31. The number of aromatic nitrogens is 1. The molecule has 156 valence electrons. The molecule has 3 aromatic carbocycles. The fraction of sp³-hybridized carbons (Fsp3) is 0.200. The highest BCUT2D eigenvalue weighted by Gasteiger charge is 2.37. The second kappa shape index (κ2) is 7.56. The van der Waals surface area contributed by atoms with Gasteiger partial charge in [-0.15, -0.1) is 0 Å². The van der Waals surface area contributed by atoms with E-state index in [0.29, 0.717) is 37.5 Å². The minimum Gasteiger partial charge on any atom is -0.489 e. The summed E-state index contributed by atoms with van der Waals surface area (Å²) >= 11 is 0. The number of hydrogen-bond acceptors (Lipinski definition) is 5. The average Bonchev–Trinajstić information content (AvgIpc) is 3.21. The smallest absolute Gasteiger partial charge is 0.324 e. The lowest BCUT2D eigenvalue weighted by Gasteiger charge is -2.31. The molecule has 1 aliphatic rings. The van der Waals surface area contributed by atoms with E-state index in [-0.39, 0.29) is 0 Å². The molecular formula is C25H22N2O4. The van der Waals surface area contributed by atoms with E-state index in [9.17, 15) is 9.90 Å². The molecule has 0 amide bonds. The molecule has 0 saturated heterocycles. The molecular weight excluding hydrogens is 392 g/mol. The molecule has 1 aliphatic carbocycles. The number of nitrogens with zero attached hydrogens (tertiary/aromatic N) is 1. The van der Waals surface area contributed by atoms with Gasteiger partial charge in [0.15, 0.2) is 5.58 Å². The van der Waals surface area contributed by atoms with Crippen LogP contribution in [0.15, 0.2) is 71.1 Å². The molecule has 0 fully saturated rings. The van der Waals surface area contributed by atoms with Crippen molar-refractivity contribution in [2.24, 2.45) is 5.73 Å². The van der Waals surface area contributed by atoms with Gasteiger partial charge < -0.3 is 20.0 Å². The Bertz CT molecular complexity index is 1250. The van der Waals surface area contributed by atoms with Gasteiger partial charge in [-0.05, 0) is 54.3 Å². The highest BCUT2D eigenvalue weighted by molar-refractivity contribution is 5.79. The lowest BCUT2D eigenvalue weighted by atomic mass is 9.78. The number of para-hydroxylation sites is 2. The van der Waals surface area contributed by atoms with Crippen LogP contribution in [0.25, 0.3) is 22.6 Å². The summed E-state index contributed by atoms with van der Waals surface area (Å²) in [5.41, 5.74) is 10.3. The monoisotopic (exact) mass is 414 g/mol. The van der Waals surface area contributed by atoms with E-state index < -0.39 is 11.5 Å². The number of ether oxygens (including phenoxy) is 1. The molecule has 5 rings (SSSR count). The van der Waals surface area contributed by atoms with Crippen LogP contribution in [0.5, 0.6) is 5.75 Å². The number of aryl methyl sites for hydroxylation is 1. The first-order chi connectivity index (χ1) is 15.0. The number of carboxylic acid groups (broad SMARTS) is 1. The molecule has 31 heavy (non-hydrogen) atoms. The minimum absolute atomic E-state index is 0.300. The van der Waals surface area contributed by atoms with Crippen molar-refractivity contribution in [2.75, 3.05) is 0 Å². The summed E-state index contributed by atoms with van der Waals surface area (Å²) in [6, 6.07) is 21.3. The quantitative estimate of drug-likeness (QED) is 0.504. The maximum atomic E-state index is 11.5. The Morgan fingerprint density at radius 2 is 1.90 bits per heavy atom. The lowest BCUT2D eigenvalue weighted by Crippen LogP contribution is -2.52. The predicted molar refractivity (Wildman–Crippen MR) is 117 cm³/mol. The number of hydrogen-bond donors (Lipinski definition) is 2. The van der Waals surface area contributed by atoms with Crippen LogP contribution in [0.2, 0.25) is 0 Å². The molecule has 0 radical (unpaired) electrons. The molecule has 0 bridgehead atoms. The van der Waals surface area contributed by atoms with Gasteiger partial charge in [0.05, 0.1) is 0 Å². The van der Waals surface area contributed by atoms with Crippen LogP contribution in [0.1, 0.15) is 23.1 Å². The number of fused-ring (bicyclic) bond motifs is 2. The van der Waals surface area contributed by atoms with E-state index >= 15 is 0 Å². The summed E-state index contributed by atoms with van der Waals surface area (Å²) in [6.07, 6.45) is 1.39. The number of oxazole rings is 1. The molecule has 0 unspecified atom stereocenters. The van der Waals surface area contributed by atoms with E-state index in [0.717, 1.165) is 33.4 Å². The zero-order valence-electron chi connectivity index (χ0n) is 16.9. The highest BCUT2D eigenvalue weighted by atomic mass is 16.5. The molecule has 3 N–H and O–H groups in total. The first-order valence-corrected chi connectivity index (χ1v) is 10.2. The molecule has 6 nitrogen and oxygen atoms in total. The van der Waals surface area contributed by atoms with Gasteiger partial charge in [-0.3, -0.25) is 4.79 Å². The number of carbonyl (C=O) groups is 1. The van der Waals surface area contributed by atoms with Gasteiger partial charge in [0.2, 0.25) is 5.89 Å².